The third-order valence-corrected chi connectivity index (χ3v) is 2.55. The maximum absolute atomic E-state index is 13.4. The largest absolute Gasteiger partial charge is 0.409 e. The van der Waals surface area contributed by atoms with E-state index in [1.807, 2.05) is 0 Å². The Hall–Kier alpha value is -2.63. The maximum atomic E-state index is 13.4. The molecule has 0 saturated carbocycles. The van der Waals surface area contributed by atoms with Gasteiger partial charge in [0.2, 0.25) is 0 Å². The number of oxime groups is 1. The Labute approximate surface area is 109 Å². The zero-order valence-electron chi connectivity index (χ0n) is 10.0. The van der Waals surface area contributed by atoms with Gasteiger partial charge in [0, 0.05) is 12.7 Å². The van der Waals surface area contributed by atoms with E-state index in [9.17, 15) is 4.39 Å². The van der Waals surface area contributed by atoms with Crippen LogP contribution in [0.15, 0.2) is 47.8 Å². The summed E-state index contributed by atoms with van der Waals surface area (Å²) < 4.78 is 13.4. The van der Waals surface area contributed by atoms with E-state index in [1.165, 1.54) is 6.07 Å². The van der Waals surface area contributed by atoms with E-state index in [4.69, 9.17) is 10.9 Å². The monoisotopic (exact) mass is 260 g/mol. The number of aromatic nitrogens is 1. The van der Waals surface area contributed by atoms with Gasteiger partial charge in [-0.25, -0.2) is 4.39 Å². The van der Waals surface area contributed by atoms with E-state index in [2.05, 4.69) is 15.5 Å². The number of nitrogens with two attached hydrogens (primary N) is 1. The van der Waals surface area contributed by atoms with Crippen LogP contribution in [0.5, 0.6) is 0 Å². The molecule has 0 aliphatic heterocycles. The molecule has 0 fully saturated rings. The Kier molecular flexibility index (Phi) is 3.92. The lowest BCUT2D eigenvalue weighted by Crippen LogP contribution is -2.15. The summed E-state index contributed by atoms with van der Waals surface area (Å²) in [5, 5.41) is 14.4. The van der Waals surface area contributed by atoms with Crippen molar-refractivity contribution in [1.29, 1.82) is 0 Å². The summed E-state index contributed by atoms with van der Waals surface area (Å²) in [6.45, 7) is 0.412. The molecular formula is C13H13FN4O. The van der Waals surface area contributed by atoms with E-state index in [0.717, 1.165) is 5.56 Å². The standard InChI is InChI=1S/C13H13FN4O/c14-10-3-1-2-4-11(10)17-8-9-5-6-16-12(7-9)13(15)18-19/h1-7,17,19H,8H2,(H2,15,18). The molecule has 2 aromatic rings. The number of rotatable bonds is 4. The number of amidine groups is 1. The first-order valence-electron chi connectivity index (χ1n) is 5.62. The molecule has 19 heavy (non-hydrogen) atoms. The van der Waals surface area contributed by atoms with Gasteiger partial charge in [-0.3, -0.25) is 4.98 Å². The molecule has 1 aromatic carbocycles. The van der Waals surface area contributed by atoms with Crippen LogP contribution < -0.4 is 11.1 Å². The molecule has 0 aliphatic carbocycles. The first kappa shape index (κ1) is 12.8. The Balaban J connectivity index is 2.10. The van der Waals surface area contributed by atoms with Crippen molar-refractivity contribution in [3.05, 3.63) is 59.7 Å². The number of anilines is 1. The molecule has 0 bridgehead atoms. The molecule has 98 valence electrons. The topological polar surface area (TPSA) is 83.5 Å². The Morgan fingerprint density at radius 2 is 2.16 bits per heavy atom. The number of para-hydroxylation sites is 1. The second kappa shape index (κ2) is 5.81. The molecule has 0 radical (unpaired) electrons. The van der Waals surface area contributed by atoms with E-state index in [1.54, 1.807) is 36.5 Å². The van der Waals surface area contributed by atoms with Crippen LogP contribution in [0.25, 0.3) is 0 Å². The lowest BCUT2D eigenvalue weighted by Gasteiger charge is -2.08. The average molecular weight is 260 g/mol. The predicted octanol–water partition coefficient (Wildman–Crippen LogP) is 1.93. The SMILES string of the molecule is NC(=NO)c1cc(CNc2ccccc2F)ccn1. The van der Waals surface area contributed by atoms with Gasteiger partial charge in [0.25, 0.3) is 0 Å². The maximum Gasteiger partial charge on any atom is 0.188 e. The molecular weight excluding hydrogens is 247 g/mol. The molecule has 0 spiro atoms. The molecule has 1 aromatic heterocycles. The number of halogens is 1. The zero-order chi connectivity index (χ0) is 13.7. The van der Waals surface area contributed by atoms with Gasteiger partial charge in [-0.05, 0) is 29.8 Å². The summed E-state index contributed by atoms with van der Waals surface area (Å²) in [5.74, 6) is -0.374. The Bertz CT molecular complexity index is 601. The number of hydrogen-bond acceptors (Lipinski definition) is 4. The smallest absolute Gasteiger partial charge is 0.188 e. The predicted molar refractivity (Wildman–Crippen MR) is 70.5 cm³/mol. The number of nitrogens with one attached hydrogen (secondary N) is 1. The van der Waals surface area contributed by atoms with Crippen LogP contribution in [0.2, 0.25) is 0 Å². The molecule has 0 amide bonds. The average Bonchev–Trinajstić information content (AvgIpc) is 2.46. The van der Waals surface area contributed by atoms with E-state index in [0.29, 0.717) is 17.9 Å². The quantitative estimate of drug-likeness (QED) is 0.339. The minimum absolute atomic E-state index is 0.0623. The van der Waals surface area contributed by atoms with E-state index >= 15 is 0 Å². The Morgan fingerprint density at radius 1 is 1.37 bits per heavy atom. The van der Waals surface area contributed by atoms with Crippen LogP contribution in [0.3, 0.4) is 0 Å². The van der Waals surface area contributed by atoms with Crippen molar-refractivity contribution in [2.24, 2.45) is 10.9 Å². The van der Waals surface area contributed by atoms with Crippen molar-refractivity contribution in [3.63, 3.8) is 0 Å². The van der Waals surface area contributed by atoms with Crippen molar-refractivity contribution in [2.45, 2.75) is 6.54 Å². The summed E-state index contributed by atoms with van der Waals surface area (Å²) in [6.07, 6.45) is 1.55. The lowest BCUT2D eigenvalue weighted by molar-refractivity contribution is 0.318. The van der Waals surface area contributed by atoms with E-state index in [-0.39, 0.29) is 11.7 Å². The minimum atomic E-state index is -0.312. The van der Waals surface area contributed by atoms with Crippen LogP contribution >= 0.6 is 0 Å². The minimum Gasteiger partial charge on any atom is -0.409 e. The van der Waals surface area contributed by atoms with Crippen molar-refractivity contribution < 1.29 is 9.60 Å². The van der Waals surface area contributed by atoms with E-state index < -0.39 is 0 Å². The second-order valence-electron chi connectivity index (χ2n) is 3.87. The van der Waals surface area contributed by atoms with Gasteiger partial charge in [0.1, 0.15) is 11.5 Å². The van der Waals surface area contributed by atoms with Crippen molar-refractivity contribution in [1.82, 2.24) is 4.98 Å². The fraction of sp³-hybridized carbons (Fsp3) is 0.0769. The first-order valence-corrected chi connectivity index (χ1v) is 5.62. The fourth-order valence-corrected chi connectivity index (χ4v) is 1.58. The van der Waals surface area contributed by atoms with Crippen molar-refractivity contribution >= 4 is 11.5 Å². The van der Waals surface area contributed by atoms with Crippen molar-refractivity contribution in [2.75, 3.05) is 5.32 Å². The molecule has 6 heteroatoms. The second-order valence-corrected chi connectivity index (χ2v) is 3.87. The van der Waals surface area contributed by atoms with Crippen LogP contribution in [0.1, 0.15) is 11.3 Å². The van der Waals surface area contributed by atoms with Crippen LogP contribution in [0, 0.1) is 5.82 Å². The number of hydrogen-bond donors (Lipinski definition) is 3. The normalized spacial score (nSPS) is 11.3. The highest BCUT2D eigenvalue weighted by Gasteiger charge is 2.03. The summed E-state index contributed by atoms with van der Waals surface area (Å²) in [4.78, 5) is 3.97. The molecule has 0 unspecified atom stereocenters. The Morgan fingerprint density at radius 3 is 2.89 bits per heavy atom. The molecule has 4 N–H and O–H groups in total. The highest BCUT2D eigenvalue weighted by molar-refractivity contribution is 5.95. The molecule has 1 heterocycles. The molecule has 0 atom stereocenters. The van der Waals surface area contributed by atoms with Gasteiger partial charge < -0.3 is 16.3 Å². The van der Waals surface area contributed by atoms with Crippen molar-refractivity contribution in [3.8, 4) is 0 Å². The summed E-state index contributed by atoms with van der Waals surface area (Å²) in [7, 11) is 0. The van der Waals surface area contributed by atoms with Gasteiger partial charge in [0.05, 0.1) is 5.69 Å². The molecule has 0 saturated heterocycles. The molecule has 0 aliphatic rings. The van der Waals surface area contributed by atoms with Crippen LogP contribution in [-0.4, -0.2) is 16.0 Å². The number of pyridine rings is 1. The third kappa shape index (κ3) is 3.19. The summed E-state index contributed by atoms with van der Waals surface area (Å²) in [5.41, 5.74) is 7.09. The highest BCUT2D eigenvalue weighted by Crippen LogP contribution is 2.14. The van der Waals surface area contributed by atoms with Gasteiger partial charge in [-0.2, -0.15) is 0 Å². The molecule has 5 nitrogen and oxygen atoms in total. The highest BCUT2D eigenvalue weighted by atomic mass is 19.1. The van der Waals surface area contributed by atoms with Gasteiger partial charge in [0.15, 0.2) is 5.84 Å². The molecule has 2 rings (SSSR count). The summed E-state index contributed by atoms with van der Waals surface area (Å²) in [6, 6.07) is 9.85. The van der Waals surface area contributed by atoms with Gasteiger partial charge >= 0.3 is 0 Å². The fourth-order valence-electron chi connectivity index (χ4n) is 1.58. The van der Waals surface area contributed by atoms with Gasteiger partial charge in [-0.1, -0.05) is 17.3 Å². The van der Waals surface area contributed by atoms with Crippen LogP contribution in [0.4, 0.5) is 10.1 Å². The van der Waals surface area contributed by atoms with Crippen LogP contribution in [-0.2, 0) is 6.54 Å². The number of benzene rings is 1. The van der Waals surface area contributed by atoms with Gasteiger partial charge in [-0.15, -0.1) is 0 Å². The third-order valence-electron chi connectivity index (χ3n) is 2.55. The zero-order valence-corrected chi connectivity index (χ0v) is 10.0. The first-order chi connectivity index (χ1) is 9.20. The summed E-state index contributed by atoms with van der Waals surface area (Å²) >= 11 is 0. The number of nitrogens with zero attached hydrogens (tertiary/aromatic N) is 2. The lowest BCUT2D eigenvalue weighted by atomic mass is 10.2.